The van der Waals surface area contributed by atoms with Gasteiger partial charge in [-0.3, -0.25) is 0 Å². The summed E-state index contributed by atoms with van der Waals surface area (Å²) in [6, 6.07) is 4.58. The number of nitrogens with two attached hydrogens (primary N) is 1. The molecule has 0 aromatic heterocycles. The average Bonchev–Trinajstić information content (AvgIpc) is 2.23. The molecule has 92 valence electrons. The normalized spacial score (nSPS) is 11.9. The zero-order valence-electron chi connectivity index (χ0n) is 9.14. The number of carbonyl (C=O) groups is 2. The van der Waals surface area contributed by atoms with E-state index in [1.165, 1.54) is 12.1 Å². The monoisotopic (exact) mass is 301 g/mol. The second kappa shape index (κ2) is 5.67. The molecule has 0 spiro atoms. The Bertz CT molecular complexity index is 427. The van der Waals surface area contributed by atoms with E-state index in [0.29, 0.717) is 10.2 Å². The van der Waals surface area contributed by atoms with Crippen molar-refractivity contribution in [2.45, 2.75) is 19.4 Å². The van der Waals surface area contributed by atoms with Crippen LogP contribution in [0, 0.1) is 0 Å². The standard InChI is InChI=1S/C11H12BrNO4/c1-2-9(10(14)15)17-11(16)6-3-7(12)5-8(13)4-6/h3-5,9H,2,13H2,1H3,(H,14,15). The van der Waals surface area contributed by atoms with E-state index in [2.05, 4.69) is 15.9 Å². The molecule has 0 fully saturated rings. The predicted octanol–water partition coefficient (Wildman–Crippen LogP) is 2.05. The highest BCUT2D eigenvalue weighted by Crippen LogP contribution is 2.18. The summed E-state index contributed by atoms with van der Waals surface area (Å²) in [5, 5.41) is 8.77. The van der Waals surface area contributed by atoms with Crippen molar-refractivity contribution < 1.29 is 19.4 Å². The number of halogens is 1. The SMILES string of the molecule is CCC(OC(=O)c1cc(N)cc(Br)c1)C(=O)O. The molecule has 3 N–H and O–H groups in total. The molecule has 0 saturated heterocycles. The number of anilines is 1. The Morgan fingerprint density at radius 2 is 2.12 bits per heavy atom. The number of rotatable bonds is 4. The molecule has 0 aliphatic carbocycles. The van der Waals surface area contributed by atoms with Crippen LogP contribution in [-0.4, -0.2) is 23.1 Å². The van der Waals surface area contributed by atoms with Gasteiger partial charge < -0.3 is 15.6 Å². The second-order valence-electron chi connectivity index (χ2n) is 3.41. The van der Waals surface area contributed by atoms with Crippen LogP contribution in [0.5, 0.6) is 0 Å². The number of benzene rings is 1. The molecule has 1 unspecified atom stereocenters. The first kappa shape index (κ1) is 13.5. The molecule has 0 amide bonds. The first-order valence-electron chi connectivity index (χ1n) is 4.94. The number of hydrogen-bond acceptors (Lipinski definition) is 4. The van der Waals surface area contributed by atoms with E-state index in [1.54, 1.807) is 13.0 Å². The smallest absolute Gasteiger partial charge is 0.345 e. The van der Waals surface area contributed by atoms with Crippen molar-refractivity contribution >= 4 is 33.6 Å². The molecule has 0 bridgehead atoms. The van der Waals surface area contributed by atoms with Gasteiger partial charge in [0.1, 0.15) is 0 Å². The molecule has 17 heavy (non-hydrogen) atoms. The molecular formula is C11H12BrNO4. The van der Waals surface area contributed by atoms with Crippen LogP contribution in [0.2, 0.25) is 0 Å². The summed E-state index contributed by atoms with van der Waals surface area (Å²) in [6.45, 7) is 1.63. The molecule has 1 rings (SSSR count). The number of carboxylic acids is 1. The Kier molecular flexibility index (Phi) is 4.51. The van der Waals surface area contributed by atoms with Crippen LogP contribution in [0.1, 0.15) is 23.7 Å². The minimum atomic E-state index is -1.16. The third kappa shape index (κ3) is 3.74. The Morgan fingerprint density at radius 1 is 1.47 bits per heavy atom. The fourth-order valence-corrected chi connectivity index (χ4v) is 1.75. The lowest BCUT2D eigenvalue weighted by atomic mass is 10.2. The predicted molar refractivity (Wildman–Crippen MR) is 65.7 cm³/mol. The van der Waals surface area contributed by atoms with Crippen molar-refractivity contribution in [3.8, 4) is 0 Å². The van der Waals surface area contributed by atoms with Gasteiger partial charge in [0, 0.05) is 10.2 Å². The third-order valence-electron chi connectivity index (χ3n) is 2.05. The lowest BCUT2D eigenvalue weighted by Crippen LogP contribution is -2.26. The molecule has 0 aliphatic rings. The lowest BCUT2D eigenvalue weighted by Gasteiger charge is -2.11. The maximum absolute atomic E-state index is 11.7. The van der Waals surface area contributed by atoms with E-state index in [9.17, 15) is 9.59 Å². The van der Waals surface area contributed by atoms with Gasteiger partial charge in [-0.1, -0.05) is 22.9 Å². The highest BCUT2D eigenvalue weighted by Gasteiger charge is 2.21. The number of carboxylic acid groups (broad SMARTS) is 1. The van der Waals surface area contributed by atoms with Crippen molar-refractivity contribution in [2.75, 3.05) is 5.73 Å². The maximum Gasteiger partial charge on any atom is 0.345 e. The lowest BCUT2D eigenvalue weighted by molar-refractivity contribution is -0.147. The van der Waals surface area contributed by atoms with Gasteiger partial charge in [0.2, 0.25) is 0 Å². The summed E-state index contributed by atoms with van der Waals surface area (Å²) >= 11 is 3.19. The number of esters is 1. The molecule has 1 aromatic rings. The van der Waals surface area contributed by atoms with Crippen LogP contribution in [0.4, 0.5) is 5.69 Å². The highest BCUT2D eigenvalue weighted by molar-refractivity contribution is 9.10. The largest absolute Gasteiger partial charge is 0.479 e. The van der Waals surface area contributed by atoms with Gasteiger partial charge in [0.15, 0.2) is 6.10 Å². The molecule has 1 atom stereocenters. The van der Waals surface area contributed by atoms with E-state index in [1.807, 2.05) is 0 Å². The molecule has 0 saturated carbocycles. The summed E-state index contributed by atoms with van der Waals surface area (Å²) < 4.78 is 5.47. The fourth-order valence-electron chi connectivity index (χ4n) is 1.24. The van der Waals surface area contributed by atoms with Crippen molar-refractivity contribution in [1.29, 1.82) is 0 Å². The van der Waals surface area contributed by atoms with Crippen molar-refractivity contribution in [2.24, 2.45) is 0 Å². The number of carbonyl (C=O) groups excluding carboxylic acids is 1. The van der Waals surface area contributed by atoms with Crippen molar-refractivity contribution in [3.63, 3.8) is 0 Å². The quantitative estimate of drug-likeness (QED) is 0.656. The second-order valence-corrected chi connectivity index (χ2v) is 4.33. The summed E-state index contributed by atoms with van der Waals surface area (Å²) in [4.78, 5) is 22.4. The zero-order chi connectivity index (χ0) is 13.0. The highest BCUT2D eigenvalue weighted by atomic mass is 79.9. The topological polar surface area (TPSA) is 89.6 Å². The Hall–Kier alpha value is -1.56. The number of nitrogen functional groups attached to an aromatic ring is 1. The van der Waals surface area contributed by atoms with Gasteiger partial charge in [-0.15, -0.1) is 0 Å². The van der Waals surface area contributed by atoms with E-state index in [4.69, 9.17) is 15.6 Å². The molecule has 6 heteroatoms. The van der Waals surface area contributed by atoms with Gasteiger partial charge in [-0.25, -0.2) is 9.59 Å². The summed E-state index contributed by atoms with van der Waals surface area (Å²) in [5.41, 5.74) is 6.18. The van der Waals surface area contributed by atoms with Gasteiger partial charge >= 0.3 is 11.9 Å². The van der Waals surface area contributed by atoms with Gasteiger partial charge in [-0.2, -0.15) is 0 Å². The molecule has 0 heterocycles. The zero-order valence-corrected chi connectivity index (χ0v) is 10.7. The van der Waals surface area contributed by atoms with Crippen LogP contribution in [0.15, 0.2) is 22.7 Å². The molecule has 0 radical (unpaired) electrons. The van der Waals surface area contributed by atoms with E-state index in [-0.39, 0.29) is 12.0 Å². The van der Waals surface area contributed by atoms with Gasteiger partial charge in [0.25, 0.3) is 0 Å². The minimum Gasteiger partial charge on any atom is -0.479 e. The number of ether oxygens (including phenoxy) is 1. The first-order valence-corrected chi connectivity index (χ1v) is 5.73. The Labute approximate surface area is 107 Å². The molecule has 0 aliphatic heterocycles. The fraction of sp³-hybridized carbons (Fsp3) is 0.273. The maximum atomic E-state index is 11.7. The van der Waals surface area contributed by atoms with Crippen LogP contribution < -0.4 is 5.73 Å². The van der Waals surface area contributed by atoms with Crippen molar-refractivity contribution in [3.05, 3.63) is 28.2 Å². The Morgan fingerprint density at radius 3 is 2.59 bits per heavy atom. The van der Waals surface area contributed by atoms with Crippen LogP contribution in [0.3, 0.4) is 0 Å². The first-order chi connectivity index (χ1) is 7.93. The van der Waals surface area contributed by atoms with E-state index < -0.39 is 18.0 Å². The molecular weight excluding hydrogens is 290 g/mol. The van der Waals surface area contributed by atoms with E-state index >= 15 is 0 Å². The Balaban J connectivity index is 2.86. The minimum absolute atomic E-state index is 0.213. The molecule has 5 nitrogen and oxygen atoms in total. The van der Waals surface area contributed by atoms with Crippen LogP contribution in [-0.2, 0) is 9.53 Å². The van der Waals surface area contributed by atoms with Crippen LogP contribution >= 0.6 is 15.9 Å². The number of aliphatic carboxylic acids is 1. The van der Waals surface area contributed by atoms with E-state index in [0.717, 1.165) is 0 Å². The van der Waals surface area contributed by atoms with Gasteiger partial charge in [-0.05, 0) is 24.6 Å². The third-order valence-corrected chi connectivity index (χ3v) is 2.51. The van der Waals surface area contributed by atoms with Crippen LogP contribution in [0.25, 0.3) is 0 Å². The summed E-state index contributed by atoms with van der Waals surface area (Å²) in [6.07, 6.45) is -0.924. The average molecular weight is 302 g/mol. The molecule has 1 aromatic carbocycles. The van der Waals surface area contributed by atoms with Crippen molar-refractivity contribution in [1.82, 2.24) is 0 Å². The van der Waals surface area contributed by atoms with Gasteiger partial charge in [0.05, 0.1) is 5.56 Å². The number of hydrogen-bond donors (Lipinski definition) is 2. The summed E-state index contributed by atoms with van der Waals surface area (Å²) in [5.74, 6) is -1.86. The summed E-state index contributed by atoms with van der Waals surface area (Å²) in [7, 11) is 0.